The molecule has 2 aliphatic rings. The summed E-state index contributed by atoms with van der Waals surface area (Å²) in [6, 6.07) is 10.5. The number of carbonyl (C=O) groups excluding carboxylic acids is 2. The van der Waals surface area contributed by atoms with Gasteiger partial charge in [0.1, 0.15) is 18.0 Å². The molecule has 2 atom stereocenters. The Morgan fingerprint density at radius 1 is 1.13 bits per heavy atom. The average molecular weight is 773 g/mol. The van der Waals surface area contributed by atoms with Crippen LogP contribution in [0.2, 0.25) is 10.0 Å². The summed E-state index contributed by atoms with van der Waals surface area (Å²) in [6.07, 6.45) is 2.81. The van der Waals surface area contributed by atoms with Crippen LogP contribution in [-0.2, 0) is 15.1 Å². The van der Waals surface area contributed by atoms with Crippen molar-refractivity contribution in [2.75, 3.05) is 6.61 Å². The summed E-state index contributed by atoms with van der Waals surface area (Å²) in [5.41, 5.74) is -1.36. The van der Waals surface area contributed by atoms with Gasteiger partial charge >= 0.3 is 18.7 Å². The van der Waals surface area contributed by atoms with Gasteiger partial charge in [-0.2, -0.15) is 13.9 Å². The standard InChI is InChI=1S/C36H34Cl2F3N7O5/c1-35(2,3)18-36(24-10-6-19(14-27(24)39)21-15-43-47(16-21)31(40)41)30(49)48(32(46-36)45-33(50)51)28(17-53-34(52)44-22-8-9-22)20-7-11-25(37)23(13-20)29-26(38)5-4-12-42-29/h4-7,10-16,22,28,31H,8-9,17-18H2,1-3H3,(H,44,52)(H,45,46)(H,50,51)/t28-,36?/m1/s1. The molecule has 17 heteroatoms. The molecule has 1 saturated heterocycles. The van der Waals surface area contributed by atoms with Gasteiger partial charge in [0.15, 0.2) is 0 Å². The Labute approximate surface area is 312 Å². The van der Waals surface area contributed by atoms with Gasteiger partial charge in [-0.25, -0.2) is 18.7 Å². The van der Waals surface area contributed by atoms with E-state index in [-0.39, 0.29) is 39.2 Å². The molecule has 278 valence electrons. The monoisotopic (exact) mass is 771 g/mol. The van der Waals surface area contributed by atoms with E-state index < -0.39 is 60.0 Å². The van der Waals surface area contributed by atoms with Crippen LogP contribution in [0, 0.1) is 11.2 Å². The van der Waals surface area contributed by atoms with E-state index in [1.807, 2.05) is 20.8 Å². The van der Waals surface area contributed by atoms with Gasteiger partial charge in [0.2, 0.25) is 5.96 Å². The zero-order chi connectivity index (χ0) is 38.2. The highest BCUT2D eigenvalue weighted by Gasteiger charge is 2.56. The van der Waals surface area contributed by atoms with Gasteiger partial charge < -0.3 is 20.5 Å². The van der Waals surface area contributed by atoms with E-state index in [1.54, 1.807) is 24.3 Å². The fourth-order valence-corrected chi connectivity index (χ4v) is 6.75. The highest BCUT2D eigenvalue weighted by Crippen LogP contribution is 2.44. The van der Waals surface area contributed by atoms with E-state index in [2.05, 4.69) is 25.7 Å². The second kappa shape index (κ2) is 14.7. The Bertz CT molecular complexity index is 2100. The molecule has 3 N–H and O–H groups in total. The molecule has 1 saturated carbocycles. The number of aromatic nitrogens is 3. The maximum atomic E-state index is 16.4. The molecule has 1 unspecified atom stereocenters. The van der Waals surface area contributed by atoms with Crippen LogP contribution in [0.5, 0.6) is 0 Å². The van der Waals surface area contributed by atoms with E-state index in [1.165, 1.54) is 24.4 Å². The minimum atomic E-state index is -2.91. The molecule has 0 bridgehead atoms. The molecule has 2 aromatic carbocycles. The molecular weight excluding hydrogens is 738 g/mol. The van der Waals surface area contributed by atoms with Crippen molar-refractivity contribution in [3.63, 3.8) is 0 Å². The second-order valence-corrected chi connectivity index (χ2v) is 14.8. The topological polar surface area (TPSA) is 151 Å². The molecule has 3 heterocycles. The third-order valence-electron chi connectivity index (χ3n) is 8.67. The number of nitrogens with zero attached hydrogens (tertiary/aromatic N) is 5. The highest BCUT2D eigenvalue weighted by atomic mass is 35.5. The van der Waals surface area contributed by atoms with E-state index in [4.69, 9.17) is 27.9 Å². The molecule has 2 aromatic heterocycles. The van der Waals surface area contributed by atoms with E-state index >= 15 is 9.18 Å². The number of pyridine rings is 1. The molecule has 1 aliphatic heterocycles. The van der Waals surface area contributed by atoms with Crippen molar-refractivity contribution in [2.45, 2.75) is 64.2 Å². The van der Waals surface area contributed by atoms with Crippen LogP contribution in [0.15, 0.2) is 72.1 Å². The van der Waals surface area contributed by atoms with Crippen molar-refractivity contribution in [2.24, 2.45) is 10.4 Å². The van der Waals surface area contributed by atoms with Crippen LogP contribution in [0.4, 0.5) is 22.8 Å². The number of amides is 3. The summed E-state index contributed by atoms with van der Waals surface area (Å²) < 4.78 is 48.9. The van der Waals surface area contributed by atoms with Gasteiger partial charge in [0.05, 0.1) is 28.0 Å². The summed E-state index contributed by atoms with van der Waals surface area (Å²) in [5.74, 6) is -2.13. The number of alkyl halides is 2. The summed E-state index contributed by atoms with van der Waals surface area (Å²) in [4.78, 5) is 49.2. The molecular formula is C36H34Cl2F3N7O5. The van der Waals surface area contributed by atoms with Crippen LogP contribution in [0.25, 0.3) is 22.4 Å². The Balaban J connectivity index is 1.49. The first-order valence-corrected chi connectivity index (χ1v) is 17.2. The maximum absolute atomic E-state index is 16.4. The highest BCUT2D eigenvalue weighted by molar-refractivity contribution is 6.36. The van der Waals surface area contributed by atoms with E-state index in [0.29, 0.717) is 21.5 Å². The number of nitrogens with one attached hydrogen (secondary N) is 2. The molecule has 53 heavy (non-hydrogen) atoms. The molecule has 2 fully saturated rings. The number of rotatable bonds is 10. The quantitative estimate of drug-likeness (QED) is 0.146. The predicted octanol–water partition coefficient (Wildman–Crippen LogP) is 8.18. The third kappa shape index (κ3) is 8.10. The number of halogens is 5. The second-order valence-electron chi connectivity index (χ2n) is 13.9. The van der Waals surface area contributed by atoms with Gasteiger partial charge in [0.25, 0.3) is 5.91 Å². The smallest absolute Gasteiger partial charge is 0.434 e. The number of alkyl carbamates (subject to hydrolysis) is 1. The number of carboxylic acid groups (broad SMARTS) is 1. The van der Waals surface area contributed by atoms with Gasteiger partial charge in [-0.15, -0.1) is 4.99 Å². The number of aliphatic imine (C=N–C) groups is 1. The zero-order valence-corrected chi connectivity index (χ0v) is 30.1. The molecule has 4 aromatic rings. The largest absolute Gasteiger partial charge is 0.463 e. The third-order valence-corrected chi connectivity index (χ3v) is 9.30. The van der Waals surface area contributed by atoms with Gasteiger partial charge in [-0.05, 0) is 66.1 Å². The number of benzene rings is 2. The van der Waals surface area contributed by atoms with Crippen molar-refractivity contribution >= 4 is 47.3 Å². The Hall–Kier alpha value is -5.15. The van der Waals surface area contributed by atoms with Crippen LogP contribution in [0.3, 0.4) is 0 Å². The van der Waals surface area contributed by atoms with Crippen LogP contribution in [-0.4, -0.2) is 61.5 Å². The minimum Gasteiger partial charge on any atom is -0.463 e. The average Bonchev–Trinajstić information content (AvgIpc) is 3.67. The summed E-state index contributed by atoms with van der Waals surface area (Å²) in [5, 5.41) is 19.7. The van der Waals surface area contributed by atoms with Crippen molar-refractivity contribution < 1.29 is 37.4 Å². The van der Waals surface area contributed by atoms with Gasteiger partial charge in [-0.3, -0.25) is 14.7 Å². The maximum Gasteiger partial charge on any atom is 0.434 e. The first-order valence-electron chi connectivity index (χ1n) is 16.5. The lowest BCUT2D eigenvalue weighted by atomic mass is 9.75. The first kappa shape index (κ1) is 37.6. The first-order chi connectivity index (χ1) is 25.1. The molecule has 1 aliphatic carbocycles. The summed E-state index contributed by atoms with van der Waals surface area (Å²) >= 11 is 13.1. The number of hydrogen-bond acceptors (Lipinski definition) is 6. The number of carbonyl (C=O) groups is 3. The lowest BCUT2D eigenvalue weighted by Gasteiger charge is -2.35. The van der Waals surface area contributed by atoms with Gasteiger partial charge in [0, 0.05) is 35.1 Å². The minimum absolute atomic E-state index is 0.0521. The van der Waals surface area contributed by atoms with Crippen molar-refractivity contribution in [1.29, 1.82) is 0 Å². The zero-order valence-electron chi connectivity index (χ0n) is 28.6. The number of guanidine groups is 1. The lowest BCUT2D eigenvalue weighted by Crippen LogP contribution is -2.48. The predicted molar refractivity (Wildman–Crippen MR) is 190 cm³/mol. The number of ether oxygens (including phenoxy) is 1. The van der Waals surface area contributed by atoms with Crippen molar-refractivity contribution in [3.05, 3.63) is 94.1 Å². The van der Waals surface area contributed by atoms with Crippen LogP contribution < -0.4 is 10.6 Å². The van der Waals surface area contributed by atoms with Crippen molar-refractivity contribution in [1.82, 2.24) is 30.3 Å². The fourth-order valence-electron chi connectivity index (χ4n) is 6.32. The summed E-state index contributed by atoms with van der Waals surface area (Å²) in [6.45, 7) is 2.06. The fraction of sp³-hybridized carbons (Fsp3) is 0.333. The van der Waals surface area contributed by atoms with Crippen molar-refractivity contribution in [3.8, 4) is 22.4 Å². The number of hydrogen-bond donors (Lipinski definition) is 3. The summed E-state index contributed by atoms with van der Waals surface area (Å²) in [7, 11) is 0. The molecule has 6 rings (SSSR count). The molecule has 3 amide bonds. The molecule has 12 nitrogen and oxygen atoms in total. The van der Waals surface area contributed by atoms with Gasteiger partial charge in [-0.1, -0.05) is 62.2 Å². The Kier molecular flexibility index (Phi) is 10.4. The Morgan fingerprint density at radius 3 is 2.51 bits per heavy atom. The van der Waals surface area contributed by atoms with E-state index in [9.17, 15) is 23.5 Å². The van der Waals surface area contributed by atoms with Crippen LogP contribution >= 0.6 is 23.2 Å². The van der Waals surface area contributed by atoms with E-state index in [0.717, 1.165) is 36.2 Å². The normalized spacial score (nSPS) is 18.7. The van der Waals surface area contributed by atoms with Crippen LogP contribution in [0.1, 0.15) is 63.8 Å². The lowest BCUT2D eigenvalue weighted by molar-refractivity contribution is -0.135. The SMILES string of the molecule is CC(C)(C)CC1(c2ccc(-c3cnn(C(F)F)c3)cc2F)NC(=NC(=O)O)N([C@H](COC(=O)NC2CC2)c2ccc(Cl)c(-c3ncccc3Cl)c2)C1=O. The Morgan fingerprint density at radius 2 is 1.89 bits per heavy atom. The molecule has 0 spiro atoms. The molecule has 0 radical (unpaired) electrons.